The zero-order chi connectivity index (χ0) is 20.6. The fraction of sp³-hybridized carbons (Fsp3) is 0.368. The summed E-state index contributed by atoms with van der Waals surface area (Å²) in [6.07, 6.45) is 1.90. The van der Waals surface area contributed by atoms with Crippen LogP contribution in [0.2, 0.25) is 0 Å². The van der Waals surface area contributed by atoms with Crippen LogP contribution in [-0.2, 0) is 16.6 Å². The molecule has 2 heterocycles. The molecule has 10 heteroatoms. The maximum Gasteiger partial charge on any atom is 0.243 e. The van der Waals surface area contributed by atoms with Crippen LogP contribution in [-0.4, -0.2) is 41.0 Å². The summed E-state index contributed by atoms with van der Waals surface area (Å²) < 4.78 is 41.5. The number of hydrogen-bond acceptors (Lipinski definition) is 5. The number of benzene rings is 2. The van der Waals surface area contributed by atoms with Crippen LogP contribution in [0.4, 0.5) is 4.39 Å². The van der Waals surface area contributed by atoms with E-state index in [-0.39, 0.29) is 17.3 Å². The third kappa shape index (κ3) is 4.15. The summed E-state index contributed by atoms with van der Waals surface area (Å²) in [6.45, 7) is 3.22. The van der Waals surface area contributed by atoms with Gasteiger partial charge in [-0.2, -0.15) is 4.31 Å². The molecule has 0 amide bonds. The SMILES string of the molecule is CC1CCCN(S(=O)(=O)c2ccc3nnn(OCc4ccc(F)cc4Br)c3c2)C1. The van der Waals surface area contributed by atoms with E-state index in [1.54, 1.807) is 18.2 Å². The molecule has 1 aromatic heterocycles. The van der Waals surface area contributed by atoms with E-state index in [4.69, 9.17) is 4.84 Å². The molecule has 0 radical (unpaired) electrons. The van der Waals surface area contributed by atoms with Crippen molar-refractivity contribution >= 4 is 37.0 Å². The van der Waals surface area contributed by atoms with Gasteiger partial charge in [-0.3, -0.25) is 0 Å². The molecule has 1 unspecified atom stereocenters. The number of sulfonamides is 1. The largest absolute Gasteiger partial charge is 0.390 e. The Morgan fingerprint density at radius 2 is 2.10 bits per heavy atom. The summed E-state index contributed by atoms with van der Waals surface area (Å²) in [5, 5.41) is 7.98. The topological polar surface area (TPSA) is 77.3 Å². The Labute approximate surface area is 176 Å². The van der Waals surface area contributed by atoms with Crippen molar-refractivity contribution in [3.63, 3.8) is 0 Å². The average molecular weight is 483 g/mol. The van der Waals surface area contributed by atoms with Crippen molar-refractivity contribution in [3.8, 4) is 0 Å². The second-order valence-corrected chi connectivity index (χ2v) is 10.0. The molecule has 2 aromatic carbocycles. The standard InChI is InChI=1S/C19H20BrFN4O3S/c1-13-3-2-8-24(11-13)29(26,27)16-6-7-18-19(10-16)25(23-22-18)28-12-14-4-5-15(21)9-17(14)20/h4-7,9-10,13H,2-3,8,11-12H2,1H3. The van der Waals surface area contributed by atoms with Crippen molar-refractivity contribution in [2.45, 2.75) is 31.3 Å². The lowest BCUT2D eigenvalue weighted by atomic mass is 10.0. The number of piperidine rings is 1. The normalized spacial score (nSPS) is 18.2. The van der Waals surface area contributed by atoms with E-state index in [2.05, 4.69) is 33.2 Å². The van der Waals surface area contributed by atoms with Gasteiger partial charge in [-0.05, 0) is 54.3 Å². The molecule has 0 bridgehead atoms. The van der Waals surface area contributed by atoms with Gasteiger partial charge in [-0.1, -0.05) is 33.8 Å². The van der Waals surface area contributed by atoms with Gasteiger partial charge in [0.2, 0.25) is 10.0 Å². The van der Waals surface area contributed by atoms with Crippen LogP contribution in [0.1, 0.15) is 25.3 Å². The van der Waals surface area contributed by atoms with Gasteiger partial charge < -0.3 is 4.84 Å². The van der Waals surface area contributed by atoms with Crippen molar-refractivity contribution in [2.75, 3.05) is 13.1 Å². The first-order valence-electron chi connectivity index (χ1n) is 9.27. The lowest BCUT2D eigenvalue weighted by Gasteiger charge is -2.30. The Bertz CT molecular complexity index is 1150. The van der Waals surface area contributed by atoms with E-state index in [0.29, 0.717) is 34.5 Å². The van der Waals surface area contributed by atoms with Crippen molar-refractivity contribution in [1.29, 1.82) is 0 Å². The second-order valence-electron chi connectivity index (χ2n) is 7.23. The predicted octanol–water partition coefficient (Wildman–Crippen LogP) is 3.38. The Balaban J connectivity index is 1.60. The molecule has 4 rings (SSSR count). The molecule has 3 aromatic rings. The summed E-state index contributed by atoms with van der Waals surface area (Å²) in [4.78, 5) is 7.06. The van der Waals surface area contributed by atoms with Crippen molar-refractivity contribution in [3.05, 3.63) is 52.3 Å². The van der Waals surface area contributed by atoms with Gasteiger partial charge in [-0.25, -0.2) is 12.8 Å². The number of nitrogens with zero attached hydrogens (tertiary/aromatic N) is 4. The molecule has 0 N–H and O–H groups in total. The zero-order valence-corrected chi connectivity index (χ0v) is 18.2. The van der Waals surface area contributed by atoms with Crippen LogP contribution in [0.5, 0.6) is 0 Å². The van der Waals surface area contributed by atoms with Crippen LogP contribution in [0.3, 0.4) is 0 Å². The van der Waals surface area contributed by atoms with Gasteiger partial charge in [0.1, 0.15) is 23.5 Å². The maximum atomic E-state index is 13.2. The second kappa shape index (κ2) is 8.00. The van der Waals surface area contributed by atoms with Gasteiger partial charge >= 0.3 is 0 Å². The van der Waals surface area contributed by atoms with E-state index >= 15 is 0 Å². The molecule has 1 atom stereocenters. The van der Waals surface area contributed by atoms with Crippen LogP contribution in [0.15, 0.2) is 45.8 Å². The monoisotopic (exact) mass is 482 g/mol. The summed E-state index contributed by atoms with van der Waals surface area (Å²) in [5.74, 6) is -0.0133. The first-order chi connectivity index (χ1) is 13.8. The molecule has 0 saturated carbocycles. The lowest BCUT2D eigenvalue weighted by molar-refractivity contribution is 0.0747. The van der Waals surface area contributed by atoms with Crippen molar-refractivity contribution in [2.24, 2.45) is 5.92 Å². The van der Waals surface area contributed by atoms with Gasteiger partial charge in [-0.15, -0.1) is 5.10 Å². The number of rotatable bonds is 5. The van der Waals surface area contributed by atoms with Crippen molar-refractivity contribution in [1.82, 2.24) is 19.5 Å². The average Bonchev–Trinajstić information content (AvgIpc) is 3.09. The number of hydrogen-bond donors (Lipinski definition) is 0. The molecular weight excluding hydrogens is 463 g/mol. The highest BCUT2D eigenvalue weighted by molar-refractivity contribution is 9.10. The molecule has 7 nitrogen and oxygen atoms in total. The van der Waals surface area contributed by atoms with Crippen molar-refractivity contribution < 1.29 is 17.6 Å². The molecule has 0 spiro atoms. The lowest BCUT2D eigenvalue weighted by Crippen LogP contribution is -2.39. The number of fused-ring (bicyclic) bond motifs is 1. The molecule has 1 fully saturated rings. The molecule has 29 heavy (non-hydrogen) atoms. The van der Waals surface area contributed by atoms with E-state index in [0.717, 1.165) is 18.4 Å². The van der Waals surface area contributed by atoms with Crippen LogP contribution >= 0.6 is 15.9 Å². The van der Waals surface area contributed by atoms with E-state index < -0.39 is 10.0 Å². The Hall–Kier alpha value is -2.04. The zero-order valence-electron chi connectivity index (χ0n) is 15.8. The summed E-state index contributed by atoms with van der Waals surface area (Å²) >= 11 is 3.30. The van der Waals surface area contributed by atoms with E-state index in [1.165, 1.54) is 27.3 Å². The smallest absolute Gasteiger partial charge is 0.243 e. The van der Waals surface area contributed by atoms with Gasteiger partial charge in [0, 0.05) is 23.1 Å². The fourth-order valence-corrected chi connectivity index (χ4v) is 5.50. The highest BCUT2D eigenvalue weighted by Gasteiger charge is 2.29. The van der Waals surface area contributed by atoms with E-state index in [1.807, 2.05) is 0 Å². The number of halogens is 2. The summed E-state index contributed by atoms with van der Waals surface area (Å²) in [6, 6.07) is 8.99. The Morgan fingerprint density at radius 3 is 2.86 bits per heavy atom. The summed E-state index contributed by atoms with van der Waals surface area (Å²) in [7, 11) is -3.60. The predicted molar refractivity (Wildman–Crippen MR) is 109 cm³/mol. The minimum atomic E-state index is -3.60. The Morgan fingerprint density at radius 1 is 1.28 bits per heavy atom. The van der Waals surface area contributed by atoms with Crippen LogP contribution in [0, 0.1) is 11.7 Å². The van der Waals surface area contributed by atoms with E-state index in [9.17, 15) is 12.8 Å². The Kier molecular flexibility index (Phi) is 5.58. The minimum Gasteiger partial charge on any atom is -0.390 e. The van der Waals surface area contributed by atoms with Gasteiger partial charge in [0.15, 0.2) is 0 Å². The summed E-state index contributed by atoms with van der Waals surface area (Å²) in [5.41, 5.74) is 1.70. The van der Waals surface area contributed by atoms with Crippen LogP contribution in [0.25, 0.3) is 11.0 Å². The molecule has 154 valence electrons. The molecule has 1 saturated heterocycles. The first-order valence-corrected chi connectivity index (χ1v) is 11.5. The van der Waals surface area contributed by atoms with Gasteiger partial charge in [0.25, 0.3) is 0 Å². The third-order valence-corrected chi connectivity index (χ3v) is 7.60. The van der Waals surface area contributed by atoms with Gasteiger partial charge in [0.05, 0.1) is 4.90 Å². The quantitative estimate of drug-likeness (QED) is 0.556. The highest BCUT2D eigenvalue weighted by atomic mass is 79.9. The third-order valence-electron chi connectivity index (χ3n) is 5.00. The fourth-order valence-electron chi connectivity index (χ4n) is 3.42. The molecular formula is C19H20BrFN4O3S. The maximum absolute atomic E-state index is 13.2. The molecule has 0 aliphatic carbocycles. The molecule has 1 aliphatic heterocycles. The van der Waals surface area contributed by atoms with Crippen LogP contribution < -0.4 is 4.84 Å². The minimum absolute atomic E-state index is 0.111. The highest BCUT2D eigenvalue weighted by Crippen LogP contribution is 2.25. The molecule has 1 aliphatic rings. The first kappa shape index (κ1) is 20.2. The number of aromatic nitrogens is 3.